The molecule has 146 valence electrons. The third-order valence-electron chi connectivity index (χ3n) is 5.73. The molecule has 1 unspecified atom stereocenters. The minimum absolute atomic E-state index is 0.0150. The second kappa shape index (κ2) is 9.34. The van der Waals surface area contributed by atoms with Crippen molar-refractivity contribution in [1.29, 1.82) is 0 Å². The van der Waals surface area contributed by atoms with Crippen LogP contribution < -0.4 is 5.32 Å². The zero-order chi connectivity index (χ0) is 19.2. The maximum atomic E-state index is 12.6. The molecule has 0 aromatic heterocycles. The highest BCUT2D eigenvalue weighted by Crippen LogP contribution is 2.24. The molecule has 0 aliphatic carbocycles. The van der Waals surface area contributed by atoms with Gasteiger partial charge in [-0.3, -0.25) is 9.69 Å². The summed E-state index contributed by atoms with van der Waals surface area (Å²) in [4.78, 5) is 17.1. The van der Waals surface area contributed by atoms with E-state index < -0.39 is 0 Å². The van der Waals surface area contributed by atoms with Crippen LogP contribution in [0.3, 0.4) is 0 Å². The van der Waals surface area contributed by atoms with Gasteiger partial charge in [-0.15, -0.1) is 0 Å². The van der Waals surface area contributed by atoms with E-state index in [9.17, 15) is 4.79 Å². The van der Waals surface area contributed by atoms with Gasteiger partial charge < -0.3 is 10.2 Å². The summed E-state index contributed by atoms with van der Waals surface area (Å²) in [5.74, 6) is 0.934. The van der Waals surface area contributed by atoms with Gasteiger partial charge in [-0.1, -0.05) is 42.5 Å². The lowest BCUT2D eigenvalue weighted by atomic mass is 9.93. The second-order valence-corrected chi connectivity index (χ2v) is 8.17. The number of benzene rings is 2. The Bertz CT molecular complexity index is 745. The minimum atomic E-state index is 0.0150. The molecule has 1 aliphatic heterocycles. The molecule has 4 nitrogen and oxygen atoms in total. The van der Waals surface area contributed by atoms with E-state index in [2.05, 4.69) is 78.6 Å². The largest absolute Gasteiger partial charge is 0.348 e. The summed E-state index contributed by atoms with van der Waals surface area (Å²) in [6, 6.07) is 14.7. The Balaban J connectivity index is 1.49. The lowest BCUT2D eigenvalue weighted by molar-refractivity contribution is -0.123. The summed E-state index contributed by atoms with van der Waals surface area (Å²) in [6.45, 7) is 5.82. The smallest absolute Gasteiger partial charge is 0.234 e. The number of piperidine rings is 1. The standard InChI is InChI=1S/C23H33N3O/c1-18(21-10-6-8-20-7-4-5-9-22(20)21)24-23(27)17-26-15-12-19(13-16-26)11-14-25(2)3/h4-10,18-19H,11-17H2,1-3H3,(H,24,27). The molecule has 1 heterocycles. The molecule has 1 fully saturated rings. The van der Waals surface area contributed by atoms with Crippen molar-refractivity contribution in [2.45, 2.75) is 32.2 Å². The first kappa shape index (κ1) is 19.8. The SMILES string of the molecule is CC(NC(=O)CN1CCC(CCN(C)C)CC1)c1cccc2ccccc12. The Labute approximate surface area is 163 Å². The van der Waals surface area contributed by atoms with E-state index in [-0.39, 0.29) is 11.9 Å². The summed E-state index contributed by atoms with van der Waals surface area (Å²) in [5.41, 5.74) is 1.18. The van der Waals surface area contributed by atoms with Crippen LogP contribution in [0, 0.1) is 5.92 Å². The zero-order valence-corrected chi connectivity index (χ0v) is 16.9. The van der Waals surface area contributed by atoms with Crippen molar-refractivity contribution in [2.24, 2.45) is 5.92 Å². The van der Waals surface area contributed by atoms with Crippen LogP contribution in [0.5, 0.6) is 0 Å². The zero-order valence-electron chi connectivity index (χ0n) is 16.9. The minimum Gasteiger partial charge on any atom is -0.348 e. The first-order valence-corrected chi connectivity index (χ1v) is 10.2. The van der Waals surface area contributed by atoms with Gasteiger partial charge in [-0.25, -0.2) is 0 Å². The molecule has 3 rings (SSSR count). The average Bonchev–Trinajstić information content (AvgIpc) is 2.66. The fraction of sp³-hybridized carbons (Fsp3) is 0.522. The molecule has 2 aromatic carbocycles. The van der Waals surface area contributed by atoms with E-state index in [1.54, 1.807) is 0 Å². The third-order valence-corrected chi connectivity index (χ3v) is 5.73. The highest BCUT2D eigenvalue weighted by atomic mass is 16.2. The summed E-state index contributed by atoms with van der Waals surface area (Å²) < 4.78 is 0. The number of hydrogen-bond acceptors (Lipinski definition) is 3. The van der Waals surface area contributed by atoms with Crippen molar-refractivity contribution in [3.05, 3.63) is 48.0 Å². The summed E-state index contributed by atoms with van der Waals surface area (Å²) in [6.07, 6.45) is 3.69. The van der Waals surface area contributed by atoms with Crippen molar-refractivity contribution >= 4 is 16.7 Å². The van der Waals surface area contributed by atoms with Crippen LogP contribution in [-0.4, -0.2) is 56.0 Å². The molecular weight excluding hydrogens is 334 g/mol. The fourth-order valence-corrected chi connectivity index (χ4v) is 4.07. The summed E-state index contributed by atoms with van der Waals surface area (Å²) in [7, 11) is 4.27. The van der Waals surface area contributed by atoms with E-state index in [0.717, 1.165) is 25.6 Å². The number of nitrogens with one attached hydrogen (secondary N) is 1. The first-order chi connectivity index (χ1) is 13.0. The molecule has 0 bridgehead atoms. The molecule has 27 heavy (non-hydrogen) atoms. The number of nitrogens with zero attached hydrogens (tertiary/aromatic N) is 2. The summed E-state index contributed by atoms with van der Waals surface area (Å²) in [5, 5.41) is 5.64. The van der Waals surface area contributed by atoms with Gasteiger partial charge in [0.1, 0.15) is 0 Å². The lowest BCUT2D eigenvalue weighted by Gasteiger charge is -2.32. The molecule has 2 aromatic rings. The highest BCUT2D eigenvalue weighted by Gasteiger charge is 2.21. The molecule has 0 saturated carbocycles. The Morgan fingerprint density at radius 1 is 1.15 bits per heavy atom. The van der Waals surface area contributed by atoms with Crippen molar-refractivity contribution in [1.82, 2.24) is 15.1 Å². The maximum Gasteiger partial charge on any atom is 0.234 e. The maximum absolute atomic E-state index is 12.6. The van der Waals surface area contributed by atoms with Gasteiger partial charge in [-0.2, -0.15) is 0 Å². The lowest BCUT2D eigenvalue weighted by Crippen LogP contribution is -2.42. The number of carbonyl (C=O) groups excluding carboxylic acids is 1. The normalized spacial score (nSPS) is 17.3. The van der Waals surface area contributed by atoms with Crippen molar-refractivity contribution in [3.8, 4) is 0 Å². The fourth-order valence-electron chi connectivity index (χ4n) is 4.07. The number of likely N-dealkylation sites (tertiary alicyclic amines) is 1. The van der Waals surface area contributed by atoms with Crippen molar-refractivity contribution in [2.75, 3.05) is 40.3 Å². The predicted molar refractivity (Wildman–Crippen MR) is 113 cm³/mol. The number of hydrogen-bond donors (Lipinski definition) is 1. The molecule has 1 atom stereocenters. The summed E-state index contributed by atoms with van der Waals surface area (Å²) >= 11 is 0. The predicted octanol–water partition coefficient (Wildman–Crippen LogP) is 3.68. The van der Waals surface area contributed by atoms with E-state index >= 15 is 0 Å². The number of amides is 1. The molecule has 1 aliphatic rings. The van der Waals surface area contributed by atoms with E-state index in [0.29, 0.717) is 6.54 Å². The average molecular weight is 368 g/mol. The van der Waals surface area contributed by atoms with Crippen LogP contribution in [0.1, 0.15) is 37.8 Å². The molecule has 0 spiro atoms. The van der Waals surface area contributed by atoms with Crippen molar-refractivity contribution < 1.29 is 4.79 Å². The van der Waals surface area contributed by atoms with Crippen LogP contribution in [-0.2, 0) is 4.79 Å². The van der Waals surface area contributed by atoms with Gasteiger partial charge in [0, 0.05) is 0 Å². The molecule has 4 heteroatoms. The van der Waals surface area contributed by atoms with E-state index in [4.69, 9.17) is 0 Å². The Morgan fingerprint density at radius 2 is 1.85 bits per heavy atom. The Hall–Kier alpha value is -1.91. The molecule has 0 radical (unpaired) electrons. The van der Waals surface area contributed by atoms with Crippen LogP contribution in [0.4, 0.5) is 0 Å². The topological polar surface area (TPSA) is 35.6 Å². The number of carbonyl (C=O) groups is 1. The number of rotatable bonds is 7. The van der Waals surface area contributed by atoms with Crippen LogP contribution in [0.25, 0.3) is 10.8 Å². The van der Waals surface area contributed by atoms with Gasteiger partial charge in [0.25, 0.3) is 0 Å². The van der Waals surface area contributed by atoms with Crippen molar-refractivity contribution in [3.63, 3.8) is 0 Å². The van der Waals surface area contributed by atoms with Gasteiger partial charge in [-0.05, 0) is 82.2 Å². The Morgan fingerprint density at radius 3 is 2.59 bits per heavy atom. The van der Waals surface area contributed by atoms with E-state index in [1.807, 2.05) is 0 Å². The van der Waals surface area contributed by atoms with Gasteiger partial charge in [0.2, 0.25) is 5.91 Å². The molecule has 1 amide bonds. The Kier molecular flexibility index (Phi) is 6.86. The van der Waals surface area contributed by atoms with E-state index in [1.165, 1.54) is 35.6 Å². The van der Waals surface area contributed by atoms with Gasteiger partial charge in [0.05, 0.1) is 12.6 Å². The van der Waals surface area contributed by atoms with Crippen LogP contribution in [0.15, 0.2) is 42.5 Å². The third kappa shape index (κ3) is 5.53. The van der Waals surface area contributed by atoms with Gasteiger partial charge in [0.15, 0.2) is 0 Å². The van der Waals surface area contributed by atoms with Gasteiger partial charge >= 0.3 is 0 Å². The second-order valence-electron chi connectivity index (χ2n) is 8.17. The van der Waals surface area contributed by atoms with Crippen LogP contribution in [0.2, 0.25) is 0 Å². The molecule has 1 N–H and O–H groups in total. The monoisotopic (exact) mass is 367 g/mol. The highest BCUT2D eigenvalue weighted by molar-refractivity contribution is 5.87. The van der Waals surface area contributed by atoms with Crippen LogP contribution >= 0.6 is 0 Å². The quantitative estimate of drug-likeness (QED) is 0.811. The first-order valence-electron chi connectivity index (χ1n) is 10.2. The molecule has 1 saturated heterocycles. The number of fused-ring (bicyclic) bond motifs is 1. The molecular formula is C23H33N3O.